The summed E-state index contributed by atoms with van der Waals surface area (Å²) in [6.45, 7) is 7.25. The van der Waals surface area contributed by atoms with E-state index in [1.54, 1.807) is 36.7 Å². The predicted octanol–water partition coefficient (Wildman–Crippen LogP) is 9.29. The van der Waals surface area contributed by atoms with Gasteiger partial charge in [-0.1, -0.05) is 11.6 Å². The predicted molar refractivity (Wildman–Crippen MR) is 245 cm³/mol. The number of imidazole rings is 2. The van der Waals surface area contributed by atoms with Crippen LogP contribution in [0.4, 0.5) is 34.8 Å². The van der Waals surface area contributed by atoms with Crippen LogP contribution in [0.3, 0.4) is 0 Å². The van der Waals surface area contributed by atoms with Gasteiger partial charge in [0.05, 0.1) is 34.5 Å². The highest BCUT2D eigenvalue weighted by molar-refractivity contribution is 6.29. The number of piperazine rings is 2. The van der Waals surface area contributed by atoms with Gasteiger partial charge in [-0.25, -0.2) is 27.5 Å². The van der Waals surface area contributed by atoms with Crippen LogP contribution in [0.15, 0.2) is 109 Å². The molecule has 2 aliphatic carbocycles. The summed E-state index contributed by atoms with van der Waals surface area (Å²) in [6, 6.07) is 27.2. The van der Waals surface area contributed by atoms with E-state index in [0.29, 0.717) is 17.2 Å². The molecule has 1 N–H and O–H groups in total. The fraction of sp³-hybridized carbons (Fsp3) is 0.292. The van der Waals surface area contributed by atoms with E-state index in [4.69, 9.17) is 16.6 Å². The molecule has 2 saturated carbocycles. The van der Waals surface area contributed by atoms with Crippen LogP contribution in [-0.4, -0.2) is 91.9 Å². The maximum atomic E-state index is 13.9. The first-order chi connectivity index (χ1) is 31.7. The molecule has 12 nitrogen and oxygen atoms in total. The molecule has 4 fully saturated rings. The molecule has 332 valence electrons. The standard InChI is InChI=1S/C24H22F2N6.C14H10ClFN4.C10H13FN2/c25-17-1-4-19(5-2-17)30-9-11-31(12-10-30)23-13-16(15-27-29-23)24-28-21-8-3-18(26)14-22(21)32(24)20-6-7-20;15-13-5-8(7-17-19-13)14-18-11-4-1-9(16)6-12(11)20(14)10-2-3-10;11-9-1-3-10(4-2-9)13-7-5-12-6-8-13/h1-5,8,13-15,20H,6-7,9-12H2;1,4-7,10H,2-3H2;1-4,12H,5-8H2. The summed E-state index contributed by atoms with van der Waals surface area (Å²) in [5.41, 5.74) is 7.04. The molecule has 0 radical (unpaired) electrons. The Kier molecular flexibility index (Phi) is 12.0. The van der Waals surface area contributed by atoms with Crippen molar-refractivity contribution in [3.8, 4) is 22.8 Å². The Balaban J connectivity index is 0.000000128. The first-order valence-electron chi connectivity index (χ1n) is 21.9. The molecule has 0 spiro atoms. The first kappa shape index (κ1) is 42.3. The number of halogens is 5. The quantitative estimate of drug-likeness (QED) is 0.156. The highest BCUT2D eigenvalue weighted by Crippen LogP contribution is 2.43. The number of nitrogens with one attached hydrogen (secondary N) is 1. The molecule has 17 heteroatoms. The van der Waals surface area contributed by atoms with Crippen LogP contribution < -0.4 is 20.0 Å². The summed E-state index contributed by atoms with van der Waals surface area (Å²) >= 11 is 5.90. The minimum absolute atomic E-state index is 0.168. The molecule has 2 aliphatic heterocycles. The minimum Gasteiger partial charge on any atom is -0.369 e. The summed E-state index contributed by atoms with van der Waals surface area (Å²) in [6.07, 6.45) is 7.68. The van der Waals surface area contributed by atoms with Gasteiger partial charge >= 0.3 is 0 Å². The van der Waals surface area contributed by atoms with Gasteiger partial charge < -0.3 is 29.2 Å². The fourth-order valence-electron chi connectivity index (χ4n) is 8.46. The van der Waals surface area contributed by atoms with E-state index in [9.17, 15) is 17.6 Å². The molecule has 0 unspecified atom stereocenters. The number of fused-ring (bicyclic) bond motifs is 2. The molecular weight excluding hydrogens is 856 g/mol. The van der Waals surface area contributed by atoms with Crippen molar-refractivity contribution < 1.29 is 17.6 Å². The van der Waals surface area contributed by atoms with Crippen molar-refractivity contribution >= 4 is 50.9 Å². The van der Waals surface area contributed by atoms with Gasteiger partial charge in [0.25, 0.3) is 0 Å². The van der Waals surface area contributed by atoms with Crippen LogP contribution in [0.5, 0.6) is 0 Å². The normalized spacial score (nSPS) is 16.3. The minimum atomic E-state index is -0.253. The highest BCUT2D eigenvalue weighted by atomic mass is 35.5. The van der Waals surface area contributed by atoms with Crippen LogP contribution >= 0.6 is 11.6 Å². The molecule has 8 aromatic rings. The molecule has 4 aromatic carbocycles. The Bertz CT molecular complexity index is 2920. The third kappa shape index (κ3) is 9.59. The Morgan fingerprint density at radius 1 is 0.492 bits per heavy atom. The molecule has 0 amide bonds. The number of benzene rings is 4. The summed E-state index contributed by atoms with van der Waals surface area (Å²) in [7, 11) is 0. The van der Waals surface area contributed by atoms with Gasteiger partial charge in [0, 0.05) is 86.9 Å². The van der Waals surface area contributed by atoms with E-state index in [1.807, 2.05) is 30.3 Å². The lowest BCUT2D eigenvalue weighted by Crippen LogP contribution is -2.46. The van der Waals surface area contributed by atoms with Crippen LogP contribution in [-0.2, 0) is 0 Å². The van der Waals surface area contributed by atoms with E-state index < -0.39 is 0 Å². The van der Waals surface area contributed by atoms with Crippen LogP contribution in [0, 0.1) is 23.3 Å². The Labute approximate surface area is 377 Å². The van der Waals surface area contributed by atoms with Gasteiger partial charge in [0.1, 0.15) is 34.9 Å². The zero-order valence-corrected chi connectivity index (χ0v) is 36.1. The molecule has 4 aliphatic rings. The molecule has 2 saturated heterocycles. The molecule has 65 heavy (non-hydrogen) atoms. The van der Waals surface area contributed by atoms with E-state index in [0.717, 1.165) is 140 Å². The Morgan fingerprint density at radius 2 is 0.938 bits per heavy atom. The third-order valence-corrected chi connectivity index (χ3v) is 12.2. The number of hydrogen-bond acceptors (Lipinski definition) is 10. The lowest BCUT2D eigenvalue weighted by Gasteiger charge is -2.36. The van der Waals surface area contributed by atoms with Gasteiger partial charge in [0.15, 0.2) is 11.0 Å². The summed E-state index contributed by atoms with van der Waals surface area (Å²) in [4.78, 5) is 16.1. The fourth-order valence-corrected chi connectivity index (χ4v) is 8.62. The summed E-state index contributed by atoms with van der Waals surface area (Å²) < 4.78 is 57.5. The molecule has 12 rings (SSSR count). The van der Waals surface area contributed by atoms with Crippen molar-refractivity contribution in [2.45, 2.75) is 37.8 Å². The van der Waals surface area contributed by atoms with Crippen LogP contribution in [0.25, 0.3) is 44.8 Å². The number of rotatable bonds is 7. The van der Waals surface area contributed by atoms with Gasteiger partial charge in [-0.2, -0.15) is 10.2 Å². The maximum Gasteiger partial charge on any atom is 0.152 e. The maximum absolute atomic E-state index is 13.9. The van der Waals surface area contributed by atoms with Crippen LogP contribution in [0.1, 0.15) is 37.8 Å². The summed E-state index contributed by atoms with van der Waals surface area (Å²) in [5, 5.41) is 19.8. The molecule has 4 aromatic heterocycles. The Morgan fingerprint density at radius 3 is 1.43 bits per heavy atom. The third-order valence-electron chi connectivity index (χ3n) is 12.0. The van der Waals surface area contributed by atoms with Crippen molar-refractivity contribution in [2.24, 2.45) is 0 Å². The molecule has 0 atom stereocenters. The highest BCUT2D eigenvalue weighted by Gasteiger charge is 2.31. The second kappa shape index (κ2) is 18.4. The van der Waals surface area contributed by atoms with Crippen molar-refractivity contribution in [2.75, 3.05) is 67.1 Å². The average molecular weight is 901 g/mol. The van der Waals surface area contributed by atoms with Gasteiger partial charge in [-0.15, -0.1) is 10.2 Å². The zero-order chi connectivity index (χ0) is 44.4. The summed E-state index contributed by atoms with van der Waals surface area (Å²) in [5.74, 6) is 1.49. The lowest BCUT2D eigenvalue weighted by molar-refractivity contribution is 0.587. The lowest BCUT2D eigenvalue weighted by atomic mass is 10.2. The number of anilines is 3. The number of hydrogen-bond donors (Lipinski definition) is 1. The van der Waals surface area contributed by atoms with E-state index in [1.165, 1.54) is 42.5 Å². The van der Waals surface area contributed by atoms with E-state index in [2.05, 4.69) is 54.5 Å². The van der Waals surface area contributed by atoms with Crippen molar-refractivity contribution in [1.29, 1.82) is 0 Å². The van der Waals surface area contributed by atoms with E-state index in [-0.39, 0.29) is 23.3 Å². The molecular formula is C48H45ClF4N12. The second-order valence-electron chi connectivity index (χ2n) is 16.6. The zero-order valence-electron chi connectivity index (χ0n) is 35.3. The topological polar surface area (TPSA) is 109 Å². The van der Waals surface area contributed by atoms with Gasteiger partial charge in [-0.05, 0) is 123 Å². The number of aromatic nitrogens is 8. The second-order valence-corrected chi connectivity index (χ2v) is 17.0. The Hall–Kier alpha value is -6.65. The molecule has 6 heterocycles. The van der Waals surface area contributed by atoms with Crippen molar-refractivity contribution in [1.82, 2.24) is 44.8 Å². The van der Waals surface area contributed by atoms with Gasteiger partial charge in [-0.3, -0.25) is 0 Å². The number of nitrogens with zero attached hydrogens (tertiary/aromatic N) is 11. The SMILES string of the molecule is Fc1ccc(N2CCN(c3cc(-c4nc5ccc(F)cc5n4C4CC4)cnn3)CC2)cc1.Fc1ccc(N2CCNCC2)cc1.Fc1ccc2nc(-c3cnnc(Cl)c3)n(C3CC3)c2c1. The van der Waals surface area contributed by atoms with Crippen molar-refractivity contribution in [3.05, 3.63) is 138 Å². The first-order valence-corrected chi connectivity index (χ1v) is 22.3. The molecule has 0 bridgehead atoms. The average Bonchev–Trinajstić information content (AvgIpc) is 4.29. The van der Waals surface area contributed by atoms with E-state index >= 15 is 0 Å². The monoisotopic (exact) mass is 900 g/mol. The van der Waals surface area contributed by atoms with Crippen LogP contribution in [0.2, 0.25) is 5.15 Å². The smallest absolute Gasteiger partial charge is 0.152 e. The largest absolute Gasteiger partial charge is 0.369 e. The van der Waals surface area contributed by atoms with Gasteiger partial charge in [0.2, 0.25) is 0 Å². The van der Waals surface area contributed by atoms with Crippen molar-refractivity contribution in [3.63, 3.8) is 0 Å².